The van der Waals surface area contributed by atoms with Gasteiger partial charge in [0.25, 0.3) is 0 Å². The molecule has 17 heavy (non-hydrogen) atoms. The second kappa shape index (κ2) is 8.06. The molecule has 0 saturated carbocycles. The lowest BCUT2D eigenvalue weighted by atomic mass is 10.1. The maximum atomic E-state index is 3.56. The number of piperazine rings is 1. The molecule has 2 atom stereocenters. The average molecular weight is 241 g/mol. The van der Waals surface area contributed by atoms with Crippen LogP contribution in [0.25, 0.3) is 0 Å². The third kappa shape index (κ3) is 5.36. The zero-order valence-corrected chi connectivity index (χ0v) is 12.2. The summed E-state index contributed by atoms with van der Waals surface area (Å²) in [5.41, 5.74) is 0. The smallest absolute Gasteiger partial charge is 0.0195 e. The Morgan fingerprint density at radius 1 is 1.29 bits per heavy atom. The van der Waals surface area contributed by atoms with Crippen LogP contribution in [0.4, 0.5) is 0 Å². The monoisotopic (exact) mass is 241 g/mol. The van der Waals surface area contributed by atoms with E-state index in [9.17, 15) is 0 Å². The molecule has 3 nitrogen and oxygen atoms in total. The van der Waals surface area contributed by atoms with Crippen molar-refractivity contribution in [1.82, 2.24) is 15.1 Å². The zero-order chi connectivity index (χ0) is 12.7. The fourth-order valence-corrected chi connectivity index (χ4v) is 2.79. The van der Waals surface area contributed by atoms with Crippen LogP contribution in [-0.2, 0) is 0 Å². The Balaban J connectivity index is 2.17. The molecule has 0 aromatic rings. The molecule has 3 heteroatoms. The molecule has 0 aromatic heterocycles. The lowest BCUT2D eigenvalue weighted by Crippen LogP contribution is -2.50. The van der Waals surface area contributed by atoms with E-state index in [1.54, 1.807) is 0 Å². The Labute approximate surface area is 108 Å². The van der Waals surface area contributed by atoms with Crippen LogP contribution in [0.2, 0.25) is 0 Å². The summed E-state index contributed by atoms with van der Waals surface area (Å²) in [4.78, 5) is 5.09. The number of hydrogen-bond donors (Lipinski definition) is 1. The van der Waals surface area contributed by atoms with E-state index in [-0.39, 0.29) is 0 Å². The molecule has 1 heterocycles. The van der Waals surface area contributed by atoms with Gasteiger partial charge in [0.05, 0.1) is 0 Å². The van der Waals surface area contributed by atoms with Gasteiger partial charge >= 0.3 is 0 Å². The Bertz CT molecular complexity index is 196. The molecule has 1 saturated heterocycles. The average Bonchev–Trinajstić information content (AvgIpc) is 2.30. The van der Waals surface area contributed by atoms with Gasteiger partial charge in [0.15, 0.2) is 0 Å². The summed E-state index contributed by atoms with van der Waals surface area (Å²) in [5, 5.41) is 3.56. The van der Waals surface area contributed by atoms with Crippen LogP contribution in [0.3, 0.4) is 0 Å². The van der Waals surface area contributed by atoms with E-state index in [1.165, 1.54) is 45.4 Å². The molecule has 1 fully saturated rings. The van der Waals surface area contributed by atoms with Crippen molar-refractivity contribution in [2.24, 2.45) is 0 Å². The highest BCUT2D eigenvalue weighted by molar-refractivity contribution is 4.77. The van der Waals surface area contributed by atoms with Crippen LogP contribution in [0.1, 0.15) is 40.0 Å². The molecule has 1 rings (SSSR count). The molecule has 0 radical (unpaired) electrons. The first-order chi connectivity index (χ1) is 8.17. The number of hydrogen-bond acceptors (Lipinski definition) is 3. The first-order valence-electron chi connectivity index (χ1n) is 7.33. The molecule has 0 aliphatic carbocycles. The minimum atomic E-state index is 0.725. The minimum Gasteiger partial charge on any atom is -0.314 e. The van der Waals surface area contributed by atoms with Gasteiger partial charge in [-0.25, -0.2) is 0 Å². The maximum Gasteiger partial charge on any atom is 0.0195 e. The maximum absolute atomic E-state index is 3.56. The third-order valence-electron chi connectivity index (χ3n) is 3.95. The molecule has 0 aromatic carbocycles. The van der Waals surface area contributed by atoms with Gasteiger partial charge in [-0.2, -0.15) is 0 Å². The normalized spacial score (nSPS) is 25.1. The predicted molar refractivity (Wildman–Crippen MR) is 75.5 cm³/mol. The summed E-state index contributed by atoms with van der Waals surface area (Å²) in [6.07, 6.45) is 3.91. The Morgan fingerprint density at radius 3 is 2.65 bits per heavy atom. The van der Waals surface area contributed by atoms with Crippen molar-refractivity contribution in [3.63, 3.8) is 0 Å². The van der Waals surface area contributed by atoms with Crippen molar-refractivity contribution in [2.45, 2.75) is 52.1 Å². The van der Waals surface area contributed by atoms with Gasteiger partial charge in [0.2, 0.25) is 0 Å². The lowest BCUT2D eigenvalue weighted by molar-refractivity contribution is 0.0977. The van der Waals surface area contributed by atoms with E-state index in [2.05, 4.69) is 42.9 Å². The number of rotatable bonds is 7. The van der Waals surface area contributed by atoms with Crippen LogP contribution in [0, 0.1) is 0 Å². The van der Waals surface area contributed by atoms with Gasteiger partial charge in [0.1, 0.15) is 0 Å². The van der Waals surface area contributed by atoms with Gasteiger partial charge in [-0.1, -0.05) is 13.8 Å². The number of likely N-dealkylation sites (N-methyl/N-ethyl adjacent to an activating group) is 1. The molecule has 1 aliphatic heterocycles. The molecule has 0 spiro atoms. The van der Waals surface area contributed by atoms with Crippen molar-refractivity contribution in [1.29, 1.82) is 0 Å². The predicted octanol–water partition coefficient (Wildman–Crippen LogP) is 1.79. The molecular weight excluding hydrogens is 210 g/mol. The van der Waals surface area contributed by atoms with E-state index in [1.807, 2.05) is 0 Å². The zero-order valence-electron chi connectivity index (χ0n) is 12.2. The van der Waals surface area contributed by atoms with Crippen LogP contribution in [-0.4, -0.2) is 61.7 Å². The summed E-state index contributed by atoms with van der Waals surface area (Å²) in [6, 6.07) is 1.45. The molecule has 0 bridgehead atoms. The van der Waals surface area contributed by atoms with Gasteiger partial charge in [0, 0.05) is 31.7 Å². The van der Waals surface area contributed by atoms with E-state index >= 15 is 0 Å². The van der Waals surface area contributed by atoms with Gasteiger partial charge in [-0.3, -0.25) is 4.90 Å². The van der Waals surface area contributed by atoms with Crippen molar-refractivity contribution in [3.8, 4) is 0 Å². The van der Waals surface area contributed by atoms with Crippen molar-refractivity contribution in [3.05, 3.63) is 0 Å². The Morgan fingerprint density at radius 2 is 2.06 bits per heavy atom. The highest BCUT2D eigenvalue weighted by atomic mass is 15.3. The van der Waals surface area contributed by atoms with Crippen LogP contribution < -0.4 is 5.32 Å². The lowest BCUT2D eigenvalue weighted by Gasteiger charge is -2.38. The van der Waals surface area contributed by atoms with E-state index in [0.717, 1.165) is 18.6 Å². The minimum absolute atomic E-state index is 0.725. The number of nitrogens with zero attached hydrogens (tertiary/aromatic N) is 2. The largest absolute Gasteiger partial charge is 0.314 e. The first kappa shape index (κ1) is 14.9. The molecular formula is C14H31N3. The van der Waals surface area contributed by atoms with Crippen LogP contribution in [0.5, 0.6) is 0 Å². The highest BCUT2D eigenvalue weighted by Crippen LogP contribution is 2.10. The van der Waals surface area contributed by atoms with Crippen LogP contribution in [0.15, 0.2) is 0 Å². The van der Waals surface area contributed by atoms with Gasteiger partial charge in [-0.05, 0) is 46.3 Å². The molecule has 2 unspecified atom stereocenters. The standard InChI is InChI=1S/C14H31N3/c1-5-14(15-6-2)8-7-9-17-11-10-16(4)12-13(17)3/h13-15H,5-12H2,1-4H3. The summed E-state index contributed by atoms with van der Waals surface area (Å²) in [7, 11) is 2.23. The fraction of sp³-hybridized carbons (Fsp3) is 1.00. The Kier molecular flexibility index (Phi) is 7.09. The summed E-state index contributed by atoms with van der Waals surface area (Å²) in [5.74, 6) is 0. The fourth-order valence-electron chi connectivity index (χ4n) is 2.79. The van der Waals surface area contributed by atoms with Crippen molar-refractivity contribution < 1.29 is 0 Å². The van der Waals surface area contributed by atoms with Crippen molar-refractivity contribution in [2.75, 3.05) is 39.8 Å². The SMILES string of the molecule is CCNC(CC)CCCN1CCN(C)CC1C. The highest BCUT2D eigenvalue weighted by Gasteiger charge is 2.20. The molecule has 1 aliphatic rings. The third-order valence-corrected chi connectivity index (χ3v) is 3.95. The topological polar surface area (TPSA) is 18.5 Å². The number of nitrogens with one attached hydrogen (secondary N) is 1. The summed E-state index contributed by atoms with van der Waals surface area (Å²) in [6.45, 7) is 12.9. The van der Waals surface area contributed by atoms with E-state index in [0.29, 0.717) is 0 Å². The van der Waals surface area contributed by atoms with E-state index < -0.39 is 0 Å². The summed E-state index contributed by atoms with van der Waals surface area (Å²) >= 11 is 0. The second-order valence-electron chi connectivity index (χ2n) is 5.45. The quantitative estimate of drug-likeness (QED) is 0.733. The first-order valence-corrected chi connectivity index (χ1v) is 7.33. The van der Waals surface area contributed by atoms with Gasteiger partial charge in [-0.15, -0.1) is 0 Å². The molecule has 102 valence electrons. The van der Waals surface area contributed by atoms with Crippen molar-refractivity contribution >= 4 is 0 Å². The molecule has 1 N–H and O–H groups in total. The van der Waals surface area contributed by atoms with Gasteiger partial charge < -0.3 is 10.2 Å². The Hall–Kier alpha value is -0.120. The summed E-state index contributed by atoms with van der Waals surface area (Å²) < 4.78 is 0. The second-order valence-corrected chi connectivity index (χ2v) is 5.45. The van der Waals surface area contributed by atoms with Crippen LogP contribution >= 0.6 is 0 Å². The molecule has 0 amide bonds. The van der Waals surface area contributed by atoms with E-state index in [4.69, 9.17) is 0 Å².